The van der Waals surface area contributed by atoms with Crippen molar-refractivity contribution >= 4 is 0 Å². The Hall–Kier alpha value is -0.980. The molecule has 3 heterocycles. The molecule has 2 unspecified atom stereocenters. The number of likely N-dealkylation sites (N-methyl/N-ethyl adjacent to an activating group) is 1. The monoisotopic (exact) mass is 251 g/mol. The van der Waals surface area contributed by atoms with Gasteiger partial charge in [-0.2, -0.15) is 0 Å². The molecule has 0 aliphatic carbocycles. The fourth-order valence-electron chi connectivity index (χ4n) is 3.08. The quantitative estimate of drug-likeness (QED) is 0.753. The maximum atomic E-state index is 6.14. The summed E-state index contributed by atoms with van der Waals surface area (Å²) in [7, 11) is 4.17. The van der Waals surface area contributed by atoms with E-state index >= 15 is 0 Å². The Bertz CT molecular complexity index is 442. The molecule has 2 saturated heterocycles. The van der Waals surface area contributed by atoms with E-state index in [1.54, 1.807) is 0 Å². The van der Waals surface area contributed by atoms with Gasteiger partial charge in [0, 0.05) is 26.7 Å². The van der Waals surface area contributed by atoms with Gasteiger partial charge in [-0.05, 0) is 20.4 Å². The minimum absolute atomic E-state index is 0.139. The van der Waals surface area contributed by atoms with Crippen molar-refractivity contribution in [2.75, 3.05) is 33.3 Å². The van der Waals surface area contributed by atoms with Gasteiger partial charge in [0.2, 0.25) is 0 Å². The smallest absolute Gasteiger partial charge is 0.152 e. The van der Waals surface area contributed by atoms with Gasteiger partial charge in [-0.1, -0.05) is 0 Å². The van der Waals surface area contributed by atoms with Crippen LogP contribution in [0.5, 0.6) is 0 Å². The minimum Gasteiger partial charge on any atom is -0.370 e. The molecule has 6 nitrogen and oxygen atoms in total. The number of nitrogens with zero attached hydrogens (tertiary/aromatic N) is 4. The second-order valence-corrected chi connectivity index (χ2v) is 5.45. The van der Waals surface area contributed by atoms with Crippen molar-refractivity contribution in [1.82, 2.24) is 25.0 Å². The zero-order chi connectivity index (χ0) is 12.8. The Morgan fingerprint density at radius 3 is 2.83 bits per heavy atom. The molecule has 2 aliphatic heterocycles. The van der Waals surface area contributed by atoms with E-state index in [9.17, 15) is 0 Å². The normalized spacial score (nSPS) is 33.4. The summed E-state index contributed by atoms with van der Waals surface area (Å²) in [4.78, 5) is 2.32. The van der Waals surface area contributed by atoms with Crippen molar-refractivity contribution in [2.24, 2.45) is 7.05 Å². The Kier molecular flexibility index (Phi) is 2.88. The van der Waals surface area contributed by atoms with Crippen LogP contribution in [-0.4, -0.2) is 58.6 Å². The molecular weight excluding hydrogens is 230 g/mol. The predicted octanol–water partition coefficient (Wildman–Crippen LogP) is -0.141. The third kappa shape index (κ3) is 1.75. The largest absolute Gasteiger partial charge is 0.370 e. The third-order valence-electron chi connectivity index (χ3n) is 4.20. The summed E-state index contributed by atoms with van der Waals surface area (Å²) in [6, 6.07) is 0.141. The zero-order valence-electron chi connectivity index (χ0n) is 11.3. The fourth-order valence-corrected chi connectivity index (χ4v) is 3.08. The molecule has 1 aromatic heterocycles. The van der Waals surface area contributed by atoms with Crippen LogP contribution < -0.4 is 5.32 Å². The molecule has 2 atom stereocenters. The van der Waals surface area contributed by atoms with Crippen LogP contribution in [0.3, 0.4) is 0 Å². The van der Waals surface area contributed by atoms with Crippen molar-refractivity contribution in [1.29, 1.82) is 0 Å². The average molecular weight is 251 g/mol. The second-order valence-electron chi connectivity index (χ2n) is 5.45. The summed E-state index contributed by atoms with van der Waals surface area (Å²) in [6.45, 7) is 5.67. The highest BCUT2D eigenvalue weighted by molar-refractivity contribution is 5.12. The molecule has 2 aliphatic rings. The predicted molar refractivity (Wildman–Crippen MR) is 67.3 cm³/mol. The summed E-state index contributed by atoms with van der Waals surface area (Å²) in [5.74, 6) is 1.93. The highest BCUT2D eigenvalue weighted by Crippen LogP contribution is 2.38. The van der Waals surface area contributed by atoms with Gasteiger partial charge in [-0.3, -0.25) is 0 Å². The Morgan fingerprint density at radius 1 is 1.39 bits per heavy atom. The van der Waals surface area contributed by atoms with Gasteiger partial charge >= 0.3 is 0 Å². The molecule has 0 aromatic carbocycles. The summed E-state index contributed by atoms with van der Waals surface area (Å²) in [6.07, 6.45) is 1.05. The standard InChI is InChI=1S/C12H21N5O/c1-9-14-15-11(17(9)3)10-12(18-7-5-13-10)4-6-16(2)8-12/h10,13H,4-8H2,1-3H3. The van der Waals surface area contributed by atoms with Crippen molar-refractivity contribution in [3.8, 4) is 0 Å². The highest BCUT2D eigenvalue weighted by Gasteiger charge is 2.48. The number of rotatable bonds is 1. The van der Waals surface area contributed by atoms with Crippen LogP contribution >= 0.6 is 0 Å². The van der Waals surface area contributed by atoms with E-state index in [1.807, 2.05) is 14.0 Å². The Labute approximate surface area is 107 Å². The maximum Gasteiger partial charge on any atom is 0.152 e. The molecule has 0 radical (unpaired) electrons. The summed E-state index contributed by atoms with van der Waals surface area (Å²) >= 11 is 0. The van der Waals surface area contributed by atoms with E-state index in [4.69, 9.17) is 4.74 Å². The number of nitrogens with one attached hydrogen (secondary N) is 1. The van der Waals surface area contributed by atoms with Crippen molar-refractivity contribution in [2.45, 2.75) is 25.0 Å². The fraction of sp³-hybridized carbons (Fsp3) is 0.833. The number of aromatic nitrogens is 3. The molecule has 0 bridgehead atoms. The van der Waals surface area contributed by atoms with Crippen LogP contribution in [-0.2, 0) is 11.8 Å². The SMILES string of the molecule is Cc1nnc(C2NCCOC23CCN(C)C3)n1C. The number of hydrogen-bond donors (Lipinski definition) is 1. The van der Waals surface area contributed by atoms with Crippen LogP contribution in [0.1, 0.15) is 24.1 Å². The van der Waals surface area contributed by atoms with Crippen molar-refractivity contribution < 1.29 is 4.74 Å². The van der Waals surface area contributed by atoms with Crippen LogP contribution in [0, 0.1) is 6.92 Å². The van der Waals surface area contributed by atoms with E-state index < -0.39 is 0 Å². The average Bonchev–Trinajstić information content (AvgIpc) is 2.87. The molecular formula is C12H21N5O. The second kappa shape index (κ2) is 4.29. The van der Waals surface area contributed by atoms with Crippen LogP contribution in [0.4, 0.5) is 0 Å². The van der Waals surface area contributed by atoms with E-state index in [0.29, 0.717) is 0 Å². The molecule has 0 amide bonds. The number of likely N-dealkylation sites (tertiary alicyclic amines) is 1. The van der Waals surface area contributed by atoms with E-state index in [0.717, 1.165) is 44.3 Å². The maximum absolute atomic E-state index is 6.14. The summed E-state index contributed by atoms with van der Waals surface area (Å²) in [5.41, 5.74) is -0.139. The first-order valence-corrected chi connectivity index (χ1v) is 6.54. The van der Waals surface area contributed by atoms with Gasteiger partial charge in [-0.15, -0.1) is 10.2 Å². The zero-order valence-corrected chi connectivity index (χ0v) is 11.3. The van der Waals surface area contributed by atoms with Crippen LogP contribution in [0.15, 0.2) is 0 Å². The number of aryl methyl sites for hydroxylation is 1. The Balaban J connectivity index is 1.95. The molecule has 2 fully saturated rings. The van der Waals surface area contributed by atoms with Gasteiger partial charge < -0.3 is 19.5 Å². The lowest BCUT2D eigenvalue weighted by Crippen LogP contribution is -2.54. The molecule has 18 heavy (non-hydrogen) atoms. The first-order chi connectivity index (χ1) is 8.62. The van der Waals surface area contributed by atoms with Crippen molar-refractivity contribution in [3.63, 3.8) is 0 Å². The minimum atomic E-state index is -0.139. The molecule has 1 spiro atoms. The number of hydrogen-bond acceptors (Lipinski definition) is 5. The van der Waals surface area contributed by atoms with E-state index in [-0.39, 0.29) is 11.6 Å². The molecule has 100 valence electrons. The Morgan fingerprint density at radius 2 is 2.22 bits per heavy atom. The summed E-state index contributed by atoms with van der Waals surface area (Å²) < 4.78 is 8.20. The number of ether oxygens (including phenoxy) is 1. The third-order valence-corrected chi connectivity index (χ3v) is 4.20. The van der Waals surface area contributed by atoms with Gasteiger partial charge in [0.05, 0.1) is 12.6 Å². The van der Waals surface area contributed by atoms with E-state index in [2.05, 4.69) is 32.0 Å². The van der Waals surface area contributed by atoms with Gasteiger partial charge in [0.15, 0.2) is 5.82 Å². The molecule has 0 saturated carbocycles. The van der Waals surface area contributed by atoms with Gasteiger partial charge in [0.25, 0.3) is 0 Å². The lowest BCUT2D eigenvalue weighted by atomic mass is 9.90. The molecule has 1 N–H and O–H groups in total. The molecule has 3 rings (SSSR count). The lowest BCUT2D eigenvalue weighted by molar-refractivity contribution is -0.0916. The van der Waals surface area contributed by atoms with Crippen molar-refractivity contribution in [3.05, 3.63) is 11.6 Å². The molecule has 6 heteroatoms. The van der Waals surface area contributed by atoms with E-state index in [1.165, 1.54) is 0 Å². The lowest BCUT2D eigenvalue weighted by Gasteiger charge is -2.41. The number of morpholine rings is 1. The van der Waals surface area contributed by atoms with Gasteiger partial charge in [0.1, 0.15) is 11.4 Å². The van der Waals surface area contributed by atoms with Crippen LogP contribution in [0.2, 0.25) is 0 Å². The van der Waals surface area contributed by atoms with Gasteiger partial charge in [-0.25, -0.2) is 0 Å². The highest BCUT2D eigenvalue weighted by atomic mass is 16.5. The first-order valence-electron chi connectivity index (χ1n) is 6.54. The first kappa shape index (κ1) is 12.1. The topological polar surface area (TPSA) is 55.2 Å². The summed E-state index contributed by atoms with van der Waals surface area (Å²) in [5, 5.41) is 12.1. The molecule has 1 aromatic rings. The van der Waals surface area contributed by atoms with Crippen LogP contribution in [0.25, 0.3) is 0 Å².